The van der Waals surface area contributed by atoms with Gasteiger partial charge in [0.05, 0.1) is 0 Å². The van der Waals surface area contributed by atoms with Gasteiger partial charge in [-0.15, -0.1) is 0 Å². The summed E-state index contributed by atoms with van der Waals surface area (Å²) in [6.07, 6.45) is 3.79. The SMILES string of the molecule is CC(C)NCc1cnc(SC(C)C)nc1. The second-order valence-electron chi connectivity index (χ2n) is 4.08. The first-order chi connectivity index (χ1) is 7.08. The van der Waals surface area contributed by atoms with Crippen LogP contribution in [0.1, 0.15) is 33.3 Å². The van der Waals surface area contributed by atoms with Gasteiger partial charge in [0.25, 0.3) is 0 Å². The predicted octanol–water partition coefficient (Wildman–Crippen LogP) is 2.48. The molecule has 1 heterocycles. The van der Waals surface area contributed by atoms with Crippen LogP contribution in [0, 0.1) is 0 Å². The van der Waals surface area contributed by atoms with E-state index >= 15 is 0 Å². The summed E-state index contributed by atoms with van der Waals surface area (Å²) in [7, 11) is 0. The van der Waals surface area contributed by atoms with E-state index in [1.165, 1.54) is 0 Å². The Kier molecular flexibility index (Phi) is 5.05. The molecule has 0 saturated heterocycles. The van der Waals surface area contributed by atoms with Crippen LogP contribution in [0.25, 0.3) is 0 Å². The molecule has 4 heteroatoms. The van der Waals surface area contributed by atoms with E-state index in [4.69, 9.17) is 0 Å². The number of aromatic nitrogens is 2. The summed E-state index contributed by atoms with van der Waals surface area (Å²) < 4.78 is 0. The first-order valence-corrected chi connectivity index (χ1v) is 6.17. The zero-order valence-electron chi connectivity index (χ0n) is 9.82. The Morgan fingerprint density at radius 1 is 1.20 bits per heavy atom. The molecule has 0 radical (unpaired) electrons. The fraction of sp³-hybridized carbons (Fsp3) is 0.636. The second-order valence-corrected chi connectivity index (χ2v) is 5.62. The summed E-state index contributed by atoms with van der Waals surface area (Å²) in [6.45, 7) is 9.38. The van der Waals surface area contributed by atoms with Gasteiger partial charge >= 0.3 is 0 Å². The number of thioether (sulfide) groups is 1. The lowest BCUT2D eigenvalue weighted by Crippen LogP contribution is -2.21. The minimum absolute atomic E-state index is 0.495. The number of nitrogens with zero attached hydrogens (tertiary/aromatic N) is 2. The molecule has 0 aliphatic rings. The Hall–Kier alpha value is -0.610. The van der Waals surface area contributed by atoms with Crippen molar-refractivity contribution in [3.63, 3.8) is 0 Å². The van der Waals surface area contributed by atoms with Crippen molar-refractivity contribution in [2.45, 2.75) is 50.7 Å². The van der Waals surface area contributed by atoms with E-state index in [1.807, 2.05) is 12.4 Å². The maximum atomic E-state index is 4.31. The largest absolute Gasteiger partial charge is 0.310 e. The van der Waals surface area contributed by atoms with E-state index in [2.05, 4.69) is 43.0 Å². The van der Waals surface area contributed by atoms with Gasteiger partial charge in [-0.2, -0.15) is 0 Å². The van der Waals surface area contributed by atoms with E-state index in [0.29, 0.717) is 11.3 Å². The molecule has 0 spiro atoms. The van der Waals surface area contributed by atoms with Crippen molar-refractivity contribution in [1.29, 1.82) is 0 Å². The predicted molar refractivity (Wildman–Crippen MR) is 65.0 cm³/mol. The van der Waals surface area contributed by atoms with Crippen molar-refractivity contribution < 1.29 is 0 Å². The maximum absolute atomic E-state index is 4.31. The third-order valence-corrected chi connectivity index (χ3v) is 2.63. The maximum Gasteiger partial charge on any atom is 0.187 e. The fourth-order valence-corrected chi connectivity index (χ4v) is 1.68. The Bertz CT molecular complexity index is 282. The molecule has 1 rings (SSSR count). The van der Waals surface area contributed by atoms with Gasteiger partial charge in [0.1, 0.15) is 0 Å². The molecule has 0 aromatic carbocycles. The normalized spacial score (nSPS) is 11.3. The minimum Gasteiger partial charge on any atom is -0.310 e. The third kappa shape index (κ3) is 5.14. The van der Waals surface area contributed by atoms with Crippen LogP contribution in [0.4, 0.5) is 0 Å². The molecule has 0 bridgehead atoms. The molecule has 1 aromatic rings. The Labute approximate surface area is 96.1 Å². The smallest absolute Gasteiger partial charge is 0.187 e. The van der Waals surface area contributed by atoms with Crippen LogP contribution in [-0.4, -0.2) is 21.3 Å². The Morgan fingerprint density at radius 3 is 2.27 bits per heavy atom. The van der Waals surface area contributed by atoms with Gasteiger partial charge in [-0.25, -0.2) is 9.97 Å². The minimum atomic E-state index is 0.495. The summed E-state index contributed by atoms with van der Waals surface area (Å²) in [5.41, 5.74) is 1.14. The number of hydrogen-bond acceptors (Lipinski definition) is 4. The molecular weight excluding hydrogens is 206 g/mol. The zero-order valence-corrected chi connectivity index (χ0v) is 10.6. The highest BCUT2D eigenvalue weighted by atomic mass is 32.2. The molecule has 0 aliphatic heterocycles. The summed E-state index contributed by atoms with van der Waals surface area (Å²) in [6, 6.07) is 0.495. The summed E-state index contributed by atoms with van der Waals surface area (Å²) in [5, 5.41) is 4.73. The summed E-state index contributed by atoms with van der Waals surface area (Å²) >= 11 is 1.69. The lowest BCUT2D eigenvalue weighted by atomic mass is 10.3. The van der Waals surface area contributed by atoms with Crippen LogP contribution >= 0.6 is 11.8 Å². The van der Waals surface area contributed by atoms with Crippen LogP contribution in [0.5, 0.6) is 0 Å². The van der Waals surface area contributed by atoms with Gasteiger partial charge in [-0.1, -0.05) is 39.5 Å². The van der Waals surface area contributed by atoms with Crippen molar-refractivity contribution in [3.05, 3.63) is 18.0 Å². The van der Waals surface area contributed by atoms with Crippen molar-refractivity contribution >= 4 is 11.8 Å². The first-order valence-electron chi connectivity index (χ1n) is 5.29. The van der Waals surface area contributed by atoms with Gasteiger partial charge in [-0.3, -0.25) is 0 Å². The van der Waals surface area contributed by atoms with Gasteiger partial charge in [0, 0.05) is 35.8 Å². The molecular formula is C11H19N3S. The molecule has 0 atom stereocenters. The standard InChI is InChI=1S/C11H19N3S/c1-8(2)12-5-10-6-13-11(14-7-10)15-9(3)4/h6-9,12H,5H2,1-4H3. The van der Waals surface area contributed by atoms with Crippen LogP contribution in [0.2, 0.25) is 0 Å². The Morgan fingerprint density at radius 2 is 1.80 bits per heavy atom. The zero-order chi connectivity index (χ0) is 11.3. The van der Waals surface area contributed by atoms with Crippen molar-refractivity contribution in [2.24, 2.45) is 0 Å². The molecule has 1 N–H and O–H groups in total. The molecule has 0 fully saturated rings. The van der Waals surface area contributed by atoms with E-state index in [-0.39, 0.29) is 0 Å². The van der Waals surface area contributed by atoms with E-state index in [9.17, 15) is 0 Å². The van der Waals surface area contributed by atoms with Gasteiger partial charge in [0.2, 0.25) is 0 Å². The molecule has 1 aromatic heterocycles. The fourth-order valence-electron chi connectivity index (χ4n) is 1.03. The van der Waals surface area contributed by atoms with Crippen molar-refractivity contribution in [3.8, 4) is 0 Å². The summed E-state index contributed by atoms with van der Waals surface area (Å²) in [5.74, 6) is 0. The topological polar surface area (TPSA) is 37.8 Å². The molecule has 84 valence electrons. The molecule has 0 amide bonds. The highest BCUT2D eigenvalue weighted by Gasteiger charge is 2.01. The van der Waals surface area contributed by atoms with E-state index in [1.54, 1.807) is 11.8 Å². The average Bonchev–Trinajstić information content (AvgIpc) is 2.16. The monoisotopic (exact) mass is 225 g/mol. The second kappa shape index (κ2) is 6.08. The van der Waals surface area contributed by atoms with E-state index < -0.39 is 0 Å². The first kappa shape index (κ1) is 12.5. The van der Waals surface area contributed by atoms with Crippen LogP contribution in [-0.2, 0) is 6.54 Å². The highest BCUT2D eigenvalue weighted by Crippen LogP contribution is 2.17. The summed E-state index contributed by atoms with van der Waals surface area (Å²) in [4.78, 5) is 8.62. The highest BCUT2D eigenvalue weighted by molar-refractivity contribution is 7.99. The quantitative estimate of drug-likeness (QED) is 0.617. The molecule has 0 aliphatic carbocycles. The third-order valence-electron chi connectivity index (χ3n) is 1.74. The molecule has 0 saturated carbocycles. The molecule has 0 unspecified atom stereocenters. The number of hydrogen-bond donors (Lipinski definition) is 1. The van der Waals surface area contributed by atoms with Gasteiger partial charge in [-0.05, 0) is 0 Å². The average molecular weight is 225 g/mol. The van der Waals surface area contributed by atoms with Crippen LogP contribution in [0.15, 0.2) is 17.6 Å². The van der Waals surface area contributed by atoms with Crippen molar-refractivity contribution in [2.75, 3.05) is 0 Å². The Balaban J connectivity index is 2.49. The lowest BCUT2D eigenvalue weighted by Gasteiger charge is -2.08. The number of nitrogens with one attached hydrogen (secondary N) is 1. The van der Waals surface area contributed by atoms with Crippen LogP contribution < -0.4 is 5.32 Å². The van der Waals surface area contributed by atoms with Gasteiger partial charge in [0.15, 0.2) is 5.16 Å². The van der Waals surface area contributed by atoms with Crippen LogP contribution in [0.3, 0.4) is 0 Å². The van der Waals surface area contributed by atoms with Gasteiger partial charge < -0.3 is 5.32 Å². The molecule has 3 nitrogen and oxygen atoms in total. The van der Waals surface area contributed by atoms with Crippen molar-refractivity contribution in [1.82, 2.24) is 15.3 Å². The molecule has 15 heavy (non-hydrogen) atoms. The number of rotatable bonds is 5. The lowest BCUT2D eigenvalue weighted by molar-refractivity contribution is 0.585. The van der Waals surface area contributed by atoms with E-state index in [0.717, 1.165) is 17.3 Å².